The standard InChI is InChI=1S/C20H16Cl2F3N3O2S/c21-12-4-11(5-13(22)6-12)19(20(23,24)25)7-17(28-30-19)10-1-2-15(16(26)3-10)18(29)27-14-8-31-9-14/h1-6,14H,7-9,26H2,(H,27,29). The molecule has 1 amide bonds. The summed E-state index contributed by atoms with van der Waals surface area (Å²) in [5, 5.41) is 6.66. The Balaban J connectivity index is 1.61. The summed E-state index contributed by atoms with van der Waals surface area (Å²) in [5.74, 6) is 1.35. The number of oxime groups is 1. The molecule has 1 atom stereocenters. The largest absolute Gasteiger partial charge is 0.435 e. The number of rotatable bonds is 4. The number of nitrogens with two attached hydrogens (primary N) is 1. The normalized spacial score (nSPS) is 21.3. The number of nitrogens with one attached hydrogen (secondary N) is 1. The number of carbonyl (C=O) groups is 1. The Kier molecular flexibility index (Phi) is 5.78. The van der Waals surface area contributed by atoms with Crippen LogP contribution in [0.3, 0.4) is 0 Å². The van der Waals surface area contributed by atoms with Crippen molar-refractivity contribution in [1.82, 2.24) is 5.32 Å². The highest BCUT2D eigenvalue weighted by molar-refractivity contribution is 8.00. The predicted molar refractivity (Wildman–Crippen MR) is 116 cm³/mol. The summed E-state index contributed by atoms with van der Waals surface area (Å²) in [6.45, 7) is 0. The van der Waals surface area contributed by atoms with Gasteiger partial charge in [0, 0.05) is 50.8 Å². The molecule has 5 nitrogen and oxygen atoms in total. The summed E-state index contributed by atoms with van der Waals surface area (Å²) < 4.78 is 42.3. The Labute approximate surface area is 190 Å². The number of anilines is 1. The smallest absolute Gasteiger partial charge is 0.398 e. The number of carbonyl (C=O) groups excluding carboxylic acids is 1. The average Bonchev–Trinajstić information content (AvgIpc) is 3.10. The van der Waals surface area contributed by atoms with Crippen LogP contribution in [-0.4, -0.2) is 35.3 Å². The third-order valence-electron chi connectivity index (χ3n) is 5.12. The van der Waals surface area contributed by atoms with Gasteiger partial charge in [-0.15, -0.1) is 0 Å². The quantitative estimate of drug-likeness (QED) is 0.592. The van der Waals surface area contributed by atoms with E-state index in [9.17, 15) is 18.0 Å². The van der Waals surface area contributed by atoms with Crippen molar-refractivity contribution in [2.45, 2.75) is 24.2 Å². The highest BCUT2D eigenvalue weighted by Gasteiger charge is 2.62. The first-order chi connectivity index (χ1) is 14.6. The molecule has 0 aromatic heterocycles. The molecule has 164 valence electrons. The Morgan fingerprint density at radius 3 is 2.42 bits per heavy atom. The molecule has 0 bridgehead atoms. The second-order valence-electron chi connectivity index (χ2n) is 7.30. The van der Waals surface area contributed by atoms with Crippen LogP contribution in [0.25, 0.3) is 0 Å². The molecule has 2 aromatic rings. The van der Waals surface area contributed by atoms with Crippen LogP contribution in [0.15, 0.2) is 41.6 Å². The molecule has 1 fully saturated rings. The lowest BCUT2D eigenvalue weighted by molar-refractivity contribution is -0.275. The first-order valence-electron chi connectivity index (χ1n) is 9.16. The Morgan fingerprint density at radius 2 is 1.87 bits per heavy atom. The van der Waals surface area contributed by atoms with Crippen LogP contribution in [0.4, 0.5) is 18.9 Å². The number of amides is 1. The summed E-state index contributed by atoms with van der Waals surface area (Å²) in [6, 6.07) is 8.13. The number of benzene rings is 2. The topological polar surface area (TPSA) is 76.7 Å². The Morgan fingerprint density at radius 1 is 1.19 bits per heavy atom. The van der Waals surface area contributed by atoms with E-state index in [0.29, 0.717) is 5.56 Å². The number of nitrogens with zero attached hydrogens (tertiary/aromatic N) is 1. The van der Waals surface area contributed by atoms with Gasteiger partial charge in [0.2, 0.25) is 0 Å². The fourth-order valence-electron chi connectivity index (χ4n) is 3.38. The van der Waals surface area contributed by atoms with Crippen molar-refractivity contribution in [3.8, 4) is 0 Å². The van der Waals surface area contributed by atoms with E-state index in [4.69, 9.17) is 33.8 Å². The lowest BCUT2D eigenvalue weighted by Crippen LogP contribution is -2.44. The van der Waals surface area contributed by atoms with Crippen LogP contribution in [0, 0.1) is 0 Å². The first-order valence-corrected chi connectivity index (χ1v) is 11.1. The minimum atomic E-state index is -4.79. The molecule has 1 saturated heterocycles. The third kappa shape index (κ3) is 4.18. The van der Waals surface area contributed by atoms with Crippen molar-refractivity contribution < 1.29 is 22.8 Å². The molecule has 0 saturated carbocycles. The number of alkyl halides is 3. The van der Waals surface area contributed by atoms with Crippen LogP contribution < -0.4 is 11.1 Å². The first kappa shape index (κ1) is 22.1. The van der Waals surface area contributed by atoms with E-state index < -0.39 is 18.2 Å². The average molecular weight is 490 g/mol. The van der Waals surface area contributed by atoms with Crippen molar-refractivity contribution in [3.63, 3.8) is 0 Å². The monoisotopic (exact) mass is 489 g/mol. The van der Waals surface area contributed by atoms with Gasteiger partial charge in [0.1, 0.15) is 0 Å². The van der Waals surface area contributed by atoms with Crippen molar-refractivity contribution in [2.75, 3.05) is 17.2 Å². The van der Waals surface area contributed by atoms with Gasteiger partial charge in [-0.3, -0.25) is 4.79 Å². The second kappa shape index (κ2) is 8.11. The second-order valence-corrected chi connectivity index (χ2v) is 9.25. The maximum Gasteiger partial charge on any atom is 0.435 e. The van der Waals surface area contributed by atoms with E-state index in [0.717, 1.165) is 23.6 Å². The van der Waals surface area contributed by atoms with Gasteiger partial charge in [-0.2, -0.15) is 24.9 Å². The van der Waals surface area contributed by atoms with E-state index in [1.807, 2.05) is 0 Å². The number of hydrogen-bond acceptors (Lipinski definition) is 5. The van der Waals surface area contributed by atoms with Crippen molar-refractivity contribution in [3.05, 3.63) is 63.1 Å². The molecule has 2 aliphatic heterocycles. The minimum Gasteiger partial charge on any atom is -0.398 e. The van der Waals surface area contributed by atoms with Gasteiger partial charge in [-0.25, -0.2) is 0 Å². The summed E-state index contributed by atoms with van der Waals surface area (Å²) in [4.78, 5) is 17.3. The molecular weight excluding hydrogens is 474 g/mol. The molecule has 0 aliphatic carbocycles. The van der Waals surface area contributed by atoms with Crippen LogP contribution in [0.5, 0.6) is 0 Å². The zero-order valence-corrected chi connectivity index (χ0v) is 18.1. The van der Waals surface area contributed by atoms with Crippen LogP contribution in [0.1, 0.15) is 27.9 Å². The van der Waals surface area contributed by atoms with Gasteiger partial charge in [0.05, 0.1) is 11.3 Å². The van der Waals surface area contributed by atoms with Crippen molar-refractivity contribution in [2.24, 2.45) is 5.16 Å². The molecule has 3 N–H and O–H groups in total. The number of hydrogen-bond donors (Lipinski definition) is 2. The molecule has 1 unspecified atom stereocenters. The molecule has 2 heterocycles. The summed E-state index contributed by atoms with van der Waals surface area (Å²) >= 11 is 13.5. The zero-order valence-electron chi connectivity index (χ0n) is 15.8. The minimum absolute atomic E-state index is 0.0440. The number of thioether (sulfide) groups is 1. The lowest BCUT2D eigenvalue weighted by atomic mass is 9.86. The van der Waals surface area contributed by atoms with Gasteiger partial charge in [-0.05, 0) is 30.3 Å². The highest BCUT2D eigenvalue weighted by Crippen LogP contribution is 2.49. The molecule has 31 heavy (non-hydrogen) atoms. The van der Waals surface area contributed by atoms with Gasteiger partial charge in [0.25, 0.3) is 11.5 Å². The van der Waals surface area contributed by atoms with Crippen LogP contribution in [0.2, 0.25) is 10.0 Å². The Hall–Kier alpha value is -2.10. The van der Waals surface area contributed by atoms with Gasteiger partial charge in [0.15, 0.2) is 0 Å². The van der Waals surface area contributed by atoms with E-state index in [1.54, 1.807) is 11.8 Å². The molecular formula is C20H16Cl2F3N3O2S. The third-order valence-corrected chi connectivity index (χ3v) is 6.83. The molecule has 2 aliphatic rings. The summed E-state index contributed by atoms with van der Waals surface area (Å²) in [6.07, 6.45) is -5.39. The highest BCUT2D eigenvalue weighted by atomic mass is 35.5. The fraction of sp³-hybridized carbons (Fsp3) is 0.300. The molecule has 4 rings (SSSR count). The molecule has 2 aromatic carbocycles. The maximum absolute atomic E-state index is 14.1. The molecule has 0 radical (unpaired) electrons. The van der Waals surface area contributed by atoms with E-state index in [1.165, 1.54) is 24.3 Å². The SMILES string of the molecule is Nc1cc(C2=NOC(c3cc(Cl)cc(Cl)c3)(C(F)(F)F)C2)ccc1C(=O)NC1CSC1. The lowest BCUT2D eigenvalue weighted by Gasteiger charge is -2.29. The maximum atomic E-state index is 14.1. The molecule has 11 heteroatoms. The summed E-state index contributed by atoms with van der Waals surface area (Å²) in [5.41, 5.74) is 3.79. The number of nitrogen functional groups attached to an aromatic ring is 1. The zero-order chi connectivity index (χ0) is 22.4. The van der Waals surface area contributed by atoms with Crippen molar-refractivity contribution >= 4 is 52.3 Å². The van der Waals surface area contributed by atoms with Crippen LogP contribution >= 0.6 is 35.0 Å². The van der Waals surface area contributed by atoms with E-state index >= 15 is 0 Å². The van der Waals surface area contributed by atoms with Crippen LogP contribution in [-0.2, 0) is 10.4 Å². The summed E-state index contributed by atoms with van der Waals surface area (Å²) in [7, 11) is 0. The van der Waals surface area contributed by atoms with E-state index in [-0.39, 0.29) is 44.5 Å². The fourth-order valence-corrected chi connectivity index (χ4v) is 4.54. The van der Waals surface area contributed by atoms with Gasteiger partial charge in [-0.1, -0.05) is 34.4 Å². The van der Waals surface area contributed by atoms with E-state index in [2.05, 4.69) is 10.5 Å². The number of halogens is 5. The van der Waals surface area contributed by atoms with Crippen molar-refractivity contribution in [1.29, 1.82) is 0 Å². The predicted octanol–water partition coefficient (Wildman–Crippen LogP) is 5.00. The molecule has 0 spiro atoms. The Bertz CT molecular complexity index is 1060. The van der Waals surface area contributed by atoms with Gasteiger partial charge >= 0.3 is 6.18 Å². The van der Waals surface area contributed by atoms with Gasteiger partial charge < -0.3 is 15.9 Å².